The molecule has 7 nitrogen and oxygen atoms in total. The summed E-state index contributed by atoms with van der Waals surface area (Å²) in [7, 11) is 1.63. The standard InChI is InChI=1S/C27H24BrN5O2S/c1-19-8-10-21(11-9-19)26-31-32-27(33(26)23-12-14-24(35-2)15-13-23)36-18-25(34)30-29-17-22(28)16-20-6-4-3-5-7-20/h3-17H,18H2,1-2H3,(H,30,34)/b22-16-,29-17+. The summed E-state index contributed by atoms with van der Waals surface area (Å²) in [5.74, 6) is 1.32. The fourth-order valence-corrected chi connectivity index (χ4v) is 4.40. The molecule has 9 heteroatoms. The van der Waals surface area contributed by atoms with Gasteiger partial charge in [-0.25, -0.2) is 5.43 Å². The van der Waals surface area contributed by atoms with Crippen molar-refractivity contribution in [2.24, 2.45) is 5.10 Å². The van der Waals surface area contributed by atoms with Gasteiger partial charge in [0, 0.05) is 15.7 Å². The van der Waals surface area contributed by atoms with E-state index in [-0.39, 0.29) is 11.7 Å². The first kappa shape index (κ1) is 25.4. The minimum Gasteiger partial charge on any atom is -0.497 e. The zero-order chi connectivity index (χ0) is 25.3. The maximum Gasteiger partial charge on any atom is 0.250 e. The van der Waals surface area contributed by atoms with E-state index in [4.69, 9.17) is 4.74 Å². The van der Waals surface area contributed by atoms with Crippen LogP contribution in [-0.2, 0) is 4.79 Å². The van der Waals surface area contributed by atoms with Gasteiger partial charge in [-0.05, 0) is 58.8 Å². The first-order chi connectivity index (χ1) is 17.5. The number of hydrogen-bond donors (Lipinski definition) is 1. The Hall–Kier alpha value is -3.69. The number of carbonyl (C=O) groups excluding carboxylic acids is 1. The Kier molecular flexibility index (Phi) is 8.70. The molecule has 3 aromatic carbocycles. The second-order valence-electron chi connectivity index (χ2n) is 7.73. The average molecular weight is 562 g/mol. The molecule has 182 valence electrons. The van der Waals surface area contributed by atoms with Gasteiger partial charge in [0.1, 0.15) is 5.75 Å². The molecule has 0 bridgehead atoms. The fourth-order valence-electron chi connectivity index (χ4n) is 3.29. The number of thioether (sulfide) groups is 1. The van der Waals surface area contributed by atoms with E-state index in [1.807, 2.05) is 96.4 Å². The number of hydrazone groups is 1. The van der Waals surface area contributed by atoms with Gasteiger partial charge in [-0.1, -0.05) is 71.9 Å². The zero-order valence-electron chi connectivity index (χ0n) is 19.8. The van der Waals surface area contributed by atoms with Crippen molar-refractivity contribution in [3.05, 3.63) is 94.5 Å². The Morgan fingerprint density at radius 1 is 1.06 bits per heavy atom. The highest BCUT2D eigenvalue weighted by molar-refractivity contribution is 9.12. The summed E-state index contributed by atoms with van der Waals surface area (Å²) in [6.45, 7) is 2.04. The lowest BCUT2D eigenvalue weighted by molar-refractivity contribution is -0.118. The largest absolute Gasteiger partial charge is 0.497 e. The Morgan fingerprint density at radius 3 is 2.47 bits per heavy atom. The van der Waals surface area contributed by atoms with Gasteiger partial charge in [0.05, 0.1) is 19.1 Å². The molecule has 0 aliphatic heterocycles. The number of nitrogens with one attached hydrogen (secondary N) is 1. The first-order valence-corrected chi connectivity index (χ1v) is 12.8. The lowest BCUT2D eigenvalue weighted by Crippen LogP contribution is -2.19. The number of rotatable bonds is 9. The van der Waals surface area contributed by atoms with Crippen LogP contribution < -0.4 is 10.2 Å². The highest BCUT2D eigenvalue weighted by Crippen LogP contribution is 2.29. The number of hydrogen-bond acceptors (Lipinski definition) is 6. The van der Waals surface area contributed by atoms with Crippen molar-refractivity contribution < 1.29 is 9.53 Å². The number of methoxy groups -OCH3 is 1. The molecule has 0 spiro atoms. The molecule has 36 heavy (non-hydrogen) atoms. The summed E-state index contributed by atoms with van der Waals surface area (Å²) < 4.78 is 7.97. The van der Waals surface area contributed by atoms with Gasteiger partial charge in [0.15, 0.2) is 11.0 Å². The monoisotopic (exact) mass is 561 g/mol. The smallest absolute Gasteiger partial charge is 0.250 e. The van der Waals surface area contributed by atoms with Gasteiger partial charge in [0.25, 0.3) is 5.91 Å². The molecular formula is C27H24BrN5O2S. The minimum absolute atomic E-state index is 0.125. The summed E-state index contributed by atoms with van der Waals surface area (Å²) in [5.41, 5.74) is 6.54. The van der Waals surface area contributed by atoms with E-state index < -0.39 is 0 Å². The second-order valence-corrected chi connectivity index (χ2v) is 9.59. The predicted molar refractivity (Wildman–Crippen MR) is 149 cm³/mol. The maximum absolute atomic E-state index is 12.4. The van der Waals surface area contributed by atoms with Crippen molar-refractivity contribution >= 4 is 45.9 Å². The number of allylic oxidation sites excluding steroid dienone is 1. The molecule has 4 aromatic rings. The molecule has 0 radical (unpaired) electrons. The lowest BCUT2D eigenvalue weighted by atomic mass is 10.1. The molecule has 0 saturated heterocycles. The summed E-state index contributed by atoms with van der Waals surface area (Å²) in [5, 5.41) is 13.4. The van der Waals surface area contributed by atoms with Crippen molar-refractivity contribution in [3.63, 3.8) is 0 Å². The van der Waals surface area contributed by atoms with Gasteiger partial charge in [-0.2, -0.15) is 5.10 Å². The van der Waals surface area contributed by atoms with Crippen LogP contribution in [0.1, 0.15) is 11.1 Å². The quantitative estimate of drug-likeness (QED) is 0.157. The second kappa shape index (κ2) is 12.3. The normalized spacial score (nSPS) is 11.6. The van der Waals surface area contributed by atoms with E-state index in [1.165, 1.54) is 11.8 Å². The van der Waals surface area contributed by atoms with Gasteiger partial charge in [-0.15, -0.1) is 10.2 Å². The number of benzene rings is 3. The Bertz CT molecular complexity index is 1370. The predicted octanol–water partition coefficient (Wildman–Crippen LogP) is 5.88. The third-order valence-corrected chi connectivity index (χ3v) is 6.45. The van der Waals surface area contributed by atoms with Crippen LogP contribution in [0.2, 0.25) is 0 Å². The van der Waals surface area contributed by atoms with E-state index in [2.05, 4.69) is 36.7 Å². The van der Waals surface area contributed by atoms with E-state index in [1.54, 1.807) is 13.3 Å². The van der Waals surface area contributed by atoms with Crippen molar-refractivity contribution in [1.29, 1.82) is 0 Å². The molecule has 1 aromatic heterocycles. The van der Waals surface area contributed by atoms with E-state index in [0.717, 1.165) is 32.6 Å². The number of halogens is 1. The first-order valence-electron chi connectivity index (χ1n) is 11.1. The van der Waals surface area contributed by atoms with Crippen LogP contribution in [-0.4, -0.2) is 39.7 Å². The van der Waals surface area contributed by atoms with Gasteiger partial charge < -0.3 is 4.74 Å². The number of ether oxygens (including phenoxy) is 1. The van der Waals surface area contributed by atoms with Crippen molar-refractivity contribution in [3.8, 4) is 22.8 Å². The van der Waals surface area contributed by atoms with E-state index >= 15 is 0 Å². The minimum atomic E-state index is -0.252. The van der Waals surface area contributed by atoms with Crippen LogP contribution >= 0.6 is 27.7 Å². The fraction of sp³-hybridized carbons (Fsp3) is 0.111. The summed E-state index contributed by atoms with van der Waals surface area (Å²) in [6, 6.07) is 25.5. The molecule has 0 aliphatic rings. The zero-order valence-corrected chi connectivity index (χ0v) is 22.2. The third-order valence-electron chi connectivity index (χ3n) is 5.09. The van der Waals surface area contributed by atoms with Crippen LogP contribution in [0.3, 0.4) is 0 Å². The molecule has 1 heterocycles. The van der Waals surface area contributed by atoms with Crippen molar-refractivity contribution in [1.82, 2.24) is 20.2 Å². The van der Waals surface area contributed by atoms with Crippen LogP contribution in [0.25, 0.3) is 23.2 Å². The van der Waals surface area contributed by atoms with Crippen LogP contribution in [0.4, 0.5) is 0 Å². The van der Waals surface area contributed by atoms with Crippen LogP contribution in [0.15, 0.2) is 93.6 Å². The molecule has 0 fully saturated rings. The summed E-state index contributed by atoms with van der Waals surface area (Å²) >= 11 is 4.73. The SMILES string of the molecule is COc1ccc(-n2c(SCC(=O)N/N=C/C(Br)=C/c3ccccc3)nnc2-c2ccc(C)cc2)cc1. The molecule has 0 unspecified atom stereocenters. The van der Waals surface area contributed by atoms with E-state index in [0.29, 0.717) is 11.0 Å². The Morgan fingerprint density at radius 2 is 1.78 bits per heavy atom. The number of nitrogens with zero attached hydrogens (tertiary/aromatic N) is 4. The van der Waals surface area contributed by atoms with Gasteiger partial charge >= 0.3 is 0 Å². The van der Waals surface area contributed by atoms with Crippen molar-refractivity contribution in [2.45, 2.75) is 12.1 Å². The number of aromatic nitrogens is 3. The molecular weight excluding hydrogens is 538 g/mol. The average Bonchev–Trinajstić information content (AvgIpc) is 3.32. The summed E-state index contributed by atoms with van der Waals surface area (Å²) in [4.78, 5) is 12.4. The number of carbonyl (C=O) groups is 1. The third kappa shape index (κ3) is 6.71. The lowest BCUT2D eigenvalue weighted by Gasteiger charge is -2.11. The van der Waals surface area contributed by atoms with Gasteiger partial charge in [-0.3, -0.25) is 9.36 Å². The topological polar surface area (TPSA) is 81.4 Å². The maximum atomic E-state index is 12.4. The Balaban J connectivity index is 1.48. The van der Waals surface area contributed by atoms with Gasteiger partial charge in [0.2, 0.25) is 0 Å². The number of amides is 1. The Labute approximate surface area is 222 Å². The number of aryl methyl sites for hydroxylation is 1. The molecule has 0 aliphatic carbocycles. The van der Waals surface area contributed by atoms with Crippen molar-refractivity contribution in [2.75, 3.05) is 12.9 Å². The van der Waals surface area contributed by atoms with Crippen LogP contribution in [0.5, 0.6) is 5.75 Å². The van der Waals surface area contributed by atoms with E-state index in [9.17, 15) is 4.79 Å². The highest BCUT2D eigenvalue weighted by atomic mass is 79.9. The summed E-state index contributed by atoms with van der Waals surface area (Å²) in [6.07, 6.45) is 3.46. The molecule has 4 rings (SSSR count). The van der Waals surface area contributed by atoms with Crippen LogP contribution in [0, 0.1) is 6.92 Å². The molecule has 1 N–H and O–H groups in total. The molecule has 1 amide bonds. The highest BCUT2D eigenvalue weighted by Gasteiger charge is 2.17. The molecule has 0 atom stereocenters. The molecule has 0 saturated carbocycles.